The van der Waals surface area contributed by atoms with Crippen LogP contribution < -0.4 is 5.73 Å². The Labute approximate surface area is 84.2 Å². The van der Waals surface area contributed by atoms with E-state index in [4.69, 9.17) is 14.9 Å². The molecule has 0 aliphatic carbocycles. The lowest BCUT2D eigenvalue weighted by atomic mass is 10.3. The summed E-state index contributed by atoms with van der Waals surface area (Å²) in [6.07, 6.45) is -0.942. The maximum atomic E-state index is 11.4. The van der Waals surface area contributed by atoms with E-state index in [2.05, 4.69) is 15.9 Å². The van der Waals surface area contributed by atoms with Gasteiger partial charge in [0.25, 0.3) is 0 Å². The van der Waals surface area contributed by atoms with E-state index >= 15 is 0 Å². The first-order chi connectivity index (χ1) is 6.15. The number of halogens is 1. The van der Waals surface area contributed by atoms with Crippen LogP contribution in [0.3, 0.4) is 0 Å². The molecule has 0 aliphatic rings. The summed E-state index contributed by atoms with van der Waals surface area (Å²) in [5.74, 6) is -0.152. The summed E-state index contributed by atoms with van der Waals surface area (Å²) in [6, 6.07) is 3.18. The molecule has 5 heteroatoms. The van der Waals surface area contributed by atoms with E-state index in [1.807, 2.05) is 0 Å². The van der Waals surface area contributed by atoms with Crippen molar-refractivity contribution in [2.75, 3.05) is 6.61 Å². The molecule has 1 aromatic rings. The Hall–Kier alpha value is -0.650. The average molecular weight is 248 g/mol. The second-order valence-corrected chi connectivity index (χ2v) is 3.13. The summed E-state index contributed by atoms with van der Waals surface area (Å²) in [5.41, 5.74) is 5.42. The smallest absolute Gasteiger partial charge is 0.241 e. The Morgan fingerprint density at radius 3 is 2.92 bits per heavy atom. The molecule has 4 nitrogen and oxygen atoms in total. The van der Waals surface area contributed by atoms with Crippen LogP contribution in [0.1, 0.15) is 17.5 Å². The van der Waals surface area contributed by atoms with Crippen molar-refractivity contribution in [2.45, 2.75) is 13.2 Å². The van der Waals surface area contributed by atoms with Crippen molar-refractivity contribution in [3.63, 3.8) is 0 Å². The topological polar surface area (TPSA) is 65.5 Å². The molecule has 0 bridgehead atoms. The van der Waals surface area contributed by atoms with Gasteiger partial charge in [-0.2, -0.15) is 0 Å². The Balaban J connectivity index is 2.67. The van der Waals surface area contributed by atoms with Gasteiger partial charge in [-0.3, -0.25) is 10.5 Å². The highest BCUT2D eigenvalue weighted by molar-refractivity contribution is 9.10. The van der Waals surface area contributed by atoms with Gasteiger partial charge in [-0.05, 0) is 35.0 Å². The van der Waals surface area contributed by atoms with Gasteiger partial charge in [-0.25, -0.2) is 0 Å². The molecule has 1 atom stereocenters. The fourth-order valence-electron chi connectivity index (χ4n) is 0.842. The van der Waals surface area contributed by atoms with Crippen LogP contribution in [-0.4, -0.2) is 18.6 Å². The SMILES string of the molecule is CCOC(N)C(=O)c1ccc(Br)o1. The number of furan rings is 1. The predicted molar refractivity (Wildman–Crippen MR) is 50.3 cm³/mol. The van der Waals surface area contributed by atoms with Crippen LogP contribution in [0, 0.1) is 0 Å². The van der Waals surface area contributed by atoms with E-state index < -0.39 is 6.23 Å². The van der Waals surface area contributed by atoms with Gasteiger partial charge in [0.2, 0.25) is 5.78 Å². The van der Waals surface area contributed by atoms with Crippen molar-refractivity contribution < 1.29 is 13.9 Å². The third-order valence-electron chi connectivity index (χ3n) is 1.42. The molecule has 1 rings (SSSR count). The number of hydrogen-bond acceptors (Lipinski definition) is 4. The summed E-state index contributed by atoms with van der Waals surface area (Å²) in [7, 11) is 0. The molecule has 0 aromatic carbocycles. The van der Waals surface area contributed by atoms with Gasteiger partial charge in [-0.1, -0.05) is 0 Å². The number of hydrogen-bond donors (Lipinski definition) is 1. The number of ether oxygens (including phenoxy) is 1. The van der Waals surface area contributed by atoms with Gasteiger partial charge < -0.3 is 9.15 Å². The van der Waals surface area contributed by atoms with E-state index in [0.29, 0.717) is 11.3 Å². The zero-order chi connectivity index (χ0) is 9.84. The standard InChI is InChI=1S/C8H10BrNO3/c1-2-12-8(10)7(11)5-3-4-6(9)13-5/h3-4,8H,2,10H2,1H3. The zero-order valence-corrected chi connectivity index (χ0v) is 8.71. The second-order valence-electron chi connectivity index (χ2n) is 2.34. The van der Waals surface area contributed by atoms with Gasteiger partial charge in [0.1, 0.15) is 0 Å². The highest BCUT2D eigenvalue weighted by Crippen LogP contribution is 2.15. The summed E-state index contributed by atoms with van der Waals surface area (Å²) >= 11 is 3.09. The molecule has 0 amide bonds. The van der Waals surface area contributed by atoms with Crippen LogP contribution in [0.2, 0.25) is 0 Å². The van der Waals surface area contributed by atoms with Crippen molar-refractivity contribution in [1.29, 1.82) is 0 Å². The minimum absolute atomic E-state index is 0.202. The Morgan fingerprint density at radius 1 is 1.77 bits per heavy atom. The summed E-state index contributed by atoms with van der Waals surface area (Å²) in [4.78, 5) is 11.4. The number of carbonyl (C=O) groups is 1. The average Bonchev–Trinajstić information content (AvgIpc) is 2.51. The minimum Gasteiger partial charge on any atom is -0.446 e. The highest BCUT2D eigenvalue weighted by atomic mass is 79.9. The van der Waals surface area contributed by atoms with Crippen molar-refractivity contribution >= 4 is 21.7 Å². The lowest BCUT2D eigenvalue weighted by molar-refractivity contribution is 0.0454. The van der Waals surface area contributed by atoms with Crippen LogP contribution in [0.15, 0.2) is 21.2 Å². The van der Waals surface area contributed by atoms with Gasteiger partial charge >= 0.3 is 0 Å². The van der Waals surface area contributed by atoms with E-state index in [1.54, 1.807) is 19.1 Å². The van der Waals surface area contributed by atoms with E-state index in [9.17, 15) is 4.79 Å². The van der Waals surface area contributed by atoms with Gasteiger partial charge in [0, 0.05) is 6.61 Å². The Morgan fingerprint density at radius 2 is 2.46 bits per heavy atom. The molecule has 0 aliphatic heterocycles. The summed E-state index contributed by atoms with van der Waals surface area (Å²) in [5, 5.41) is 0. The molecule has 0 saturated carbocycles. The molecule has 72 valence electrons. The lowest BCUT2D eigenvalue weighted by Gasteiger charge is -2.07. The largest absolute Gasteiger partial charge is 0.446 e. The first-order valence-electron chi connectivity index (χ1n) is 3.82. The van der Waals surface area contributed by atoms with E-state index in [0.717, 1.165) is 0 Å². The fraction of sp³-hybridized carbons (Fsp3) is 0.375. The molecular weight excluding hydrogens is 238 g/mol. The third-order valence-corrected chi connectivity index (χ3v) is 1.85. The van der Waals surface area contributed by atoms with Crippen molar-refractivity contribution in [1.82, 2.24) is 0 Å². The van der Waals surface area contributed by atoms with Crippen molar-refractivity contribution in [2.24, 2.45) is 5.73 Å². The Bertz CT molecular complexity index is 297. The lowest BCUT2D eigenvalue weighted by Crippen LogP contribution is -2.33. The van der Waals surface area contributed by atoms with Crippen LogP contribution in [0.25, 0.3) is 0 Å². The predicted octanol–water partition coefficient (Wildman–Crippen LogP) is 1.55. The van der Waals surface area contributed by atoms with Crippen molar-refractivity contribution in [3.8, 4) is 0 Å². The monoisotopic (exact) mass is 247 g/mol. The maximum Gasteiger partial charge on any atom is 0.241 e. The van der Waals surface area contributed by atoms with Gasteiger partial charge in [-0.15, -0.1) is 0 Å². The molecule has 0 spiro atoms. The number of Topliss-reactive ketones (excluding diaryl/α,β-unsaturated/α-hetero) is 1. The highest BCUT2D eigenvalue weighted by Gasteiger charge is 2.18. The molecule has 13 heavy (non-hydrogen) atoms. The molecule has 0 saturated heterocycles. The molecule has 1 heterocycles. The Kier molecular flexibility index (Phi) is 3.65. The molecule has 0 fully saturated rings. The third kappa shape index (κ3) is 2.65. The van der Waals surface area contributed by atoms with Crippen LogP contribution in [0.5, 0.6) is 0 Å². The van der Waals surface area contributed by atoms with E-state index in [1.165, 1.54) is 0 Å². The zero-order valence-electron chi connectivity index (χ0n) is 7.12. The second kappa shape index (κ2) is 4.55. The summed E-state index contributed by atoms with van der Waals surface area (Å²) < 4.78 is 10.4. The quantitative estimate of drug-likeness (QED) is 0.648. The minimum atomic E-state index is -0.942. The fourth-order valence-corrected chi connectivity index (χ4v) is 1.15. The number of nitrogens with two attached hydrogens (primary N) is 1. The van der Waals surface area contributed by atoms with Gasteiger partial charge in [0.05, 0.1) is 0 Å². The first kappa shape index (κ1) is 10.4. The normalized spacial score (nSPS) is 12.8. The number of carbonyl (C=O) groups excluding carboxylic acids is 1. The van der Waals surface area contributed by atoms with Crippen LogP contribution >= 0.6 is 15.9 Å². The first-order valence-corrected chi connectivity index (χ1v) is 4.61. The molecule has 1 unspecified atom stereocenters. The molecule has 1 aromatic heterocycles. The summed E-state index contributed by atoms with van der Waals surface area (Å²) in [6.45, 7) is 2.17. The molecular formula is C8H10BrNO3. The number of rotatable bonds is 4. The maximum absolute atomic E-state index is 11.4. The van der Waals surface area contributed by atoms with Gasteiger partial charge in [0.15, 0.2) is 16.7 Å². The van der Waals surface area contributed by atoms with E-state index in [-0.39, 0.29) is 11.5 Å². The molecule has 0 radical (unpaired) electrons. The van der Waals surface area contributed by atoms with Crippen LogP contribution in [-0.2, 0) is 4.74 Å². The molecule has 2 N–H and O–H groups in total. The number of ketones is 1. The van der Waals surface area contributed by atoms with Crippen LogP contribution in [0.4, 0.5) is 0 Å². The van der Waals surface area contributed by atoms with Crippen molar-refractivity contribution in [3.05, 3.63) is 22.6 Å².